The minimum absolute atomic E-state index is 0.679. The number of methoxy groups -OCH3 is 1. The lowest BCUT2D eigenvalue weighted by Crippen LogP contribution is -2.39. The number of nitrogens with zero attached hydrogens (tertiary/aromatic N) is 2. The topological polar surface area (TPSA) is 15.7 Å². The first kappa shape index (κ1) is 22.8. The summed E-state index contributed by atoms with van der Waals surface area (Å²) in [5, 5.41) is 0. The minimum atomic E-state index is 0.679. The molecule has 1 atom stereocenters. The number of hydrogen-bond donors (Lipinski definition) is 0. The van der Waals surface area contributed by atoms with E-state index in [0.717, 1.165) is 43.9 Å². The molecule has 0 N–H and O–H groups in total. The smallest absolute Gasteiger partial charge is 0.0599 e. The third-order valence-corrected chi connectivity index (χ3v) is 6.65. The van der Waals surface area contributed by atoms with Crippen molar-refractivity contribution < 1.29 is 4.74 Å². The third-order valence-electron chi connectivity index (χ3n) is 5.59. The molecule has 0 spiro atoms. The molecular weight excluding hydrogens is 388 g/mol. The molecule has 1 fully saturated rings. The number of rotatable bonds is 11. The first-order chi connectivity index (χ1) is 14.7. The summed E-state index contributed by atoms with van der Waals surface area (Å²) in [5.41, 5.74) is 3.66. The van der Waals surface area contributed by atoms with Crippen molar-refractivity contribution in [2.75, 3.05) is 39.9 Å². The molecule has 0 saturated carbocycles. The Bertz CT molecular complexity index is 808. The molecule has 0 aliphatic carbocycles. The molecule has 4 heteroatoms. The molecule has 2 aromatic rings. The van der Waals surface area contributed by atoms with Gasteiger partial charge in [0.2, 0.25) is 0 Å². The van der Waals surface area contributed by atoms with E-state index in [2.05, 4.69) is 70.9 Å². The van der Waals surface area contributed by atoms with Gasteiger partial charge in [0.1, 0.15) is 0 Å². The van der Waals surface area contributed by atoms with Gasteiger partial charge in [-0.3, -0.25) is 4.90 Å². The molecule has 1 saturated heterocycles. The lowest BCUT2D eigenvalue weighted by molar-refractivity contribution is 0.139. The van der Waals surface area contributed by atoms with E-state index in [-0.39, 0.29) is 0 Å². The van der Waals surface area contributed by atoms with Gasteiger partial charge >= 0.3 is 0 Å². The molecule has 30 heavy (non-hydrogen) atoms. The van der Waals surface area contributed by atoms with Gasteiger partial charge in [-0.1, -0.05) is 61.7 Å². The van der Waals surface area contributed by atoms with Gasteiger partial charge in [0.25, 0.3) is 0 Å². The van der Waals surface area contributed by atoms with E-state index in [1.165, 1.54) is 29.8 Å². The van der Waals surface area contributed by atoms with E-state index in [4.69, 9.17) is 4.74 Å². The molecule has 1 unspecified atom stereocenters. The van der Waals surface area contributed by atoms with Crippen molar-refractivity contribution in [2.45, 2.75) is 24.3 Å². The van der Waals surface area contributed by atoms with Crippen LogP contribution in [0.25, 0.3) is 12.2 Å². The maximum absolute atomic E-state index is 5.39. The highest BCUT2D eigenvalue weighted by Crippen LogP contribution is 2.29. The Morgan fingerprint density at radius 3 is 2.67 bits per heavy atom. The Morgan fingerprint density at radius 1 is 1.13 bits per heavy atom. The van der Waals surface area contributed by atoms with Gasteiger partial charge in [0.15, 0.2) is 0 Å². The van der Waals surface area contributed by atoms with Gasteiger partial charge in [0.05, 0.1) is 6.61 Å². The van der Waals surface area contributed by atoms with Gasteiger partial charge in [-0.05, 0) is 66.1 Å². The monoisotopic (exact) mass is 422 g/mol. The fourth-order valence-corrected chi connectivity index (χ4v) is 5.12. The molecule has 3 rings (SSSR count). The molecule has 0 aromatic heterocycles. The Morgan fingerprint density at radius 2 is 1.93 bits per heavy atom. The summed E-state index contributed by atoms with van der Waals surface area (Å²) in [6.07, 6.45) is 6.36. The number of hydrogen-bond acceptors (Lipinski definition) is 4. The molecule has 1 aliphatic heterocycles. The van der Waals surface area contributed by atoms with Crippen molar-refractivity contribution >= 4 is 24.1 Å². The fraction of sp³-hybridized carbons (Fsp3) is 0.385. The molecule has 2 aromatic carbocycles. The van der Waals surface area contributed by atoms with Gasteiger partial charge in [-0.2, -0.15) is 0 Å². The third kappa shape index (κ3) is 6.85. The first-order valence-electron chi connectivity index (χ1n) is 10.8. The van der Waals surface area contributed by atoms with E-state index in [9.17, 15) is 0 Å². The molecular formula is C26H34N2OS. The summed E-state index contributed by atoms with van der Waals surface area (Å²) in [5.74, 6) is 0.679. The summed E-state index contributed by atoms with van der Waals surface area (Å²) in [4.78, 5) is 3.85. The summed E-state index contributed by atoms with van der Waals surface area (Å²) in [6.45, 7) is 14.0. The average molecular weight is 423 g/mol. The van der Waals surface area contributed by atoms with Crippen LogP contribution < -0.4 is 0 Å². The molecule has 0 amide bonds. The van der Waals surface area contributed by atoms with Gasteiger partial charge in [0, 0.05) is 38.2 Å². The quantitative estimate of drug-likeness (QED) is 0.423. The van der Waals surface area contributed by atoms with E-state index < -0.39 is 0 Å². The molecule has 160 valence electrons. The maximum atomic E-state index is 5.39. The second kappa shape index (κ2) is 12.1. The minimum Gasteiger partial charge on any atom is -0.383 e. The predicted octanol–water partition coefficient (Wildman–Crippen LogP) is 5.84. The van der Waals surface area contributed by atoms with Crippen LogP contribution in [0.2, 0.25) is 0 Å². The van der Waals surface area contributed by atoms with Crippen LogP contribution in [0.1, 0.15) is 29.5 Å². The summed E-state index contributed by atoms with van der Waals surface area (Å²) >= 11 is 1.83. The fourth-order valence-electron chi connectivity index (χ4n) is 4.06. The van der Waals surface area contributed by atoms with Crippen molar-refractivity contribution in [3.05, 3.63) is 78.4 Å². The SMILES string of the molecule is C=Cc1ccc(SN(CCOC)CC2CCCN(Cc3ccccc3)C2)cc1C=C. The van der Waals surface area contributed by atoms with E-state index in [1.807, 2.05) is 24.1 Å². The van der Waals surface area contributed by atoms with Crippen LogP contribution >= 0.6 is 11.9 Å². The molecule has 0 radical (unpaired) electrons. The van der Waals surface area contributed by atoms with E-state index in [0.29, 0.717) is 5.92 Å². The van der Waals surface area contributed by atoms with Gasteiger partial charge in [-0.15, -0.1) is 0 Å². The molecule has 1 aliphatic rings. The van der Waals surface area contributed by atoms with Crippen LogP contribution in [0.4, 0.5) is 0 Å². The zero-order valence-corrected chi connectivity index (χ0v) is 18.9. The number of ether oxygens (including phenoxy) is 1. The van der Waals surface area contributed by atoms with Crippen LogP contribution in [0, 0.1) is 5.92 Å². The highest BCUT2D eigenvalue weighted by molar-refractivity contribution is 7.97. The number of likely N-dealkylation sites (tertiary alicyclic amines) is 1. The van der Waals surface area contributed by atoms with Crippen LogP contribution in [0.3, 0.4) is 0 Å². The Kier molecular flexibility index (Phi) is 9.22. The second-order valence-corrected chi connectivity index (χ2v) is 9.07. The van der Waals surface area contributed by atoms with E-state index >= 15 is 0 Å². The van der Waals surface area contributed by atoms with Crippen LogP contribution in [0.5, 0.6) is 0 Å². The number of piperidine rings is 1. The zero-order chi connectivity index (χ0) is 21.2. The lowest BCUT2D eigenvalue weighted by Gasteiger charge is -2.35. The second-order valence-electron chi connectivity index (χ2n) is 7.90. The van der Waals surface area contributed by atoms with Crippen molar-refractivity contribution in [3.63, 3.8) is 0 Å². The Balaban J connectivity index is 1.62. The van der Waals surface area contributed by atoms with Crippen molar-refractivity contribution in [1.82, 2.24) is 9.21 Å². The molecule has 0 bridgehead atoms. The average Bonchev–Trinajstić information content (AvgIpc) is 2.78. The normalized spacial score (nSPS) is 17.2. The van der Waals surface area contributed by atoms with Crippen molar-refractivity contribution in [3.8, 4) is 0 Å². The first-order valence-corrected chi connectivity index (χ1v) is 11.6. The maximum Gasteiger partial charge on any atom is 0.0599 e. The molecule has 3 nitrogen and oxygen atoms in total. The van der Waals surface area contributed by atoms with Crippen molar-refractivity contribution in [2.24, 2.45) is 5.92 Å². The number of benzene rings is 2. The zero-order valence-electron chi connectivity index (χ0n) is 18.1. The standard InChI is InChI=1S/C26H34N2OS/c1-4-24-13-14-26(18-25(24)5-2)30-28(16-17-29-3)21-23-12-9-15-27(20-23)19-22-10-7-6-8-11-22/h4-8,10-11,13-14,18,23H,1-2,9,12,15-17,19-21H2,3H3. The Hall–Kier alpha value is -1.85. The Labute approximate surface area is 186 Å². The lowest BCUT2D eigenvalue weighted by atomic mass is 9.97. The van der Waals surface area contributed by atoms with Gasteiger partial charge in [-0.25, -0.2) is 4.31 Å². The summed E-state index contributed by atoms with van der Waals surface area (Å²) in [7, 11) is 1.78. The molecule has 1 heterocycles. The van der Waals surface area contributed by atoms with E-state index in [1.54, 1.807) is 7.11 Å². The van der Waals surface area contributed by atoms with Crippen LogP contribution in [0.15, 0.2) is 66.6 Å². The highest BCUT2D eigenvalue weighted by atomic mass is 32.2. The van der Waals surface area contributed by atoms with Crippen molar-refractivity contribution in [1.29, 1.82) is 0 Å². The largest absolute Gasteiger partial charge is 0.383 e. The summed E-state index contributed by atoms with van der Waals surface area (Å²) in [6, 6.07) is 17.3. The predicted molar refractivity (Wildman–Crippen MR) is 130 cm³/mol. The highest BCUT2D eigenvalue weighted by Gasteiger charge is 2.23. The van der Waals surface area contributed by atoms with Crippen LogP contribution in [-0.2, 0) is 11.3 Å². The van der Waals surface area contributed by atoms with Crippen LogP contribution in [-0.4, -0.2) is 49.1 Å². The summed E-state index contributed by atoms with van der Waals surface area (Å²) < 4.78 is 7.85. The van der Waals surface area contributed by atoms with Gasteiger partial charge < -0.3 is 4.74 Å².